The van der Waals surface area contributed by atoms with Crippen molar-refractivity contribution in [1.29, 1.82) is 0 Å². The van der Waals surface area contributed by atoms with Crippen molar-refractivity contribution in [2.45, 2.75) is 25.9 Å². The minimum atomic E-state index is -0.872. The third kappa shape index (κ3) is 2.74. The third-order valence-electron chi connectivity index (χ3n) is 2.69. The van der Waals surface area contributed by atoms with Crippen LogP contribution in [0.25, 0.3) is 0 Å². The molecule has 92 valence electrons. The van der Waals surface area contributed by atoms with Crippen molar-refractivity contribution < 1.29 is 23.8 Å². The standard InChI is InChI=1S/C12H13FO4/c13-10-4-5-11-9(6-16-7-17-11)8(10)2-1-3-12(14)15/h4-5H,1-3,6-7H2,(H,14,15). The molecule has 1 N–H and O–H groups in total. The van der Waals surface area contributed by atoms with Crippen LogP contribution in [0, 0.1) is 5.82 Å². The molecule has 2 rings (SSSR count). The Kier molecular flexibility index (Phi) is 3.58. The van der Waals surface area contributed by atoms with Gasteiger partial charge in [-0.2, -0.15) is 0 Å². The first kappa shape index (κ1) is 11.9. The predicted molar refractivity (Wildman–Crippen MR) is 57.3 cm³/mol. The third-order valence-corrected chi connectivity index (χ3v) is 2.69. The van der Waals surface area contributed by atoms with Gasteiger partial charge in [-0.25, -0.2) is 4.39 Å². The Labute approximate surface area is 98.0 Å². The van der Waals surface area contributed by atoms with Gasteiger partial charge in [0, 0.05) is 12.0 Å². The van der Waals surface area contributed by atoms with Gasteiger partial charge in [-0.15, -0.1) is 0 Å². The zero-order valence-electron chi connectivity index (χ0n) is 9.24. The molecule has 17 heavy (non-hydrogen) atoms. The van der Waals surface area contributed by atoms with Crippen LogP contribution >= 0.6 is 0 Å². The van der Waals surface area contributed by atoms with Crippen molar-refractivity contribution in [3.63, 3.8) is 0 Å². The van der Waals surface area contributed by atoms with E-state index in [1.165, 1.54) is 6.07 Å². The molecule has 1 heterocycles. The molecule has 0 bridgehead atoms. The van der Waals surface area contributed by atoms with E-state index < -0.39 is 5.97 Å². The number of benzene rings is 1. The number of halogens is 1. The number of rotatable bonds is 4. The Morgan fingerprint density at radius 1 is 1.47 bits per heavy atom. The second-order valence-electron chi connectivity index (χ2n) is 3.86. The topological polar surface area (TPSA) is 55.8 Å². The van der Waals surface area contributed by atoms with E-state index in [1.807, 2.05) is 0 Å². The van der Waals surface area contributed by atoms with E-state index in [2.05, 4.69) is 0 Å². The average Bonchev–Trinajstić information content (AvgIpc) is 2.32. The number of aliphatic carboxylic acids is 1. The predicted octanol–water partition coefficient (Wildman–Crippen LogP) is 2.10. The summed E-state index contributed by atoms with van der Waals surface area (Å²) in [5, 5.41) is 8.56. The summed E-state index contributed by atoms with van der Waals surface area (Å²) in [7, 11) is 0. The molecule has 0 unspecified atom stereocenters. The van der Waals surface area contributed by atoms with E-state index >= 15 is 0 Å². The molecular weight excluding hydrogens is 227 g/mol. The molecule has 0 radical (unpaired) electrons. The summed E-state index contributed by atoms with van der Waals surface area (Å²) in [5.74, 6) is -0.575. The summed E-state index contributed by atoms with van der Waals surface area (Å²) in [6.45, 7) is 0.489. The van der Waals surface area contributed by atoms with Gasteiger partial charge < -0.3 is 14.6 Å². The Morgan fingerprint density at radius 2 is 2.29 bits per heavy atom. The molecule has 1 aromatic rings. The highest BCUT2D eigenvalue weighted by Crippen LogP contribution is 2.29. The van der Waals surface area contributed by atoms with Crippen LogP contribution in [0.5, 0.6) is 5.75 Å². The van der Waals surface area contributed by atoms with Gasteiger partial charge in [0.05, 0.1) is 6.61 Å². The SMILES string of the molecule is O=C(O)CCCc1c(F)ccc2c1COCO2. The highest BCUT2D eigenvalue weighted by molar-refractivity contribution is 5.66. The number of fused-ring (bicyclic) bond motifs is 1. The van der Waals surface area contributed by atoms with Crippen LogP contribution in [0.3, 0.4) is 0 Å². The first-order chi connectivity index (χ1) is 8.18. The Balaban J connectivity index is 2.16. The van der Waals surface area contributed by atoms with Gasteiger partial charge in [0.15, 0.2) is 6.79 Å². The van der Waals surface area contributed by atoms with Crippen molar-refractivity contribution in [3.8, 4) is 5.75 Å². The number of carboxylic acids is 1. The monoisotopic (exact) mass is 240 g/mol. The van der Waals surface area contributed by atoms with Gasteiger partial charge in [-0.1, -0.05) is 0 Å². The number of hydrogen-bond acceptors (Lipinski definition) is 3. The summed E-state index contributed by atoms with van der Waals surface area (Å²) in [6.07, 6.45) is 0.821. The van der Waals surface area contributed by atoms with Crippen LogP contribution in [0.15, 0.2) is 12.1 Å². The van der Waals surface area contributed by atoms with Gasteiger partial charge in [0.2, 0.25) is 0 Å². The number of hydrogen-bond donors (Lipinski definition) is 1. The molecule has 1 aliphatic rings. The maximum atomic E-state index is 13.6. The number of carboxylic acid groups (broad SMARTS) is 1. The first-order valence-electron chi connectivity index (χ1n) is 5.41. The van der Waals surface area contributed by atoms with Crippen LogP contribution in [0.2, 0.25) is 0 Å². The normalized spacial score (nSPS) is 13.9. The summed E-state index contributed by atoms with van der Waals surface area (Å²) in [4.78, 5) is 10.4. The van der Waals surface area contributed by atoms with Crippen molar-refractivity contribution in [2.24, 2.45) is 0 Å². The van der Waals surface area contributed by atoms with E-state index in [4.69, 9.17) is 14.6 Å². The van der Waals surface area contributed by atoms with E-state index in [0.29, 0.717) is 36.3 Å². The van der Waals surface area contributed by atoms with Crippen LogP contribution in [0.1, 0.15) is 24.0 Å². The van der Waals surface area contributed by atoms with Gasteiger partial charge in [0.25, 0.3) is 0 Å². The highest BCUT2D eigenvalue weighted by Gasteiger charge is 2.18. The maximum absolute atomic E-state index is 13.6. The smallest absolute Gasteiger partial charge is 0.303 e. The maximum Gasteiger partial charge on any atom is 0.303 e. The molecule has 0 aromatic heterocycles. The molecular formula is C12H13FO4. The fourth-order valence-corrected chi connectivity index (χ4v) is 1.87. The lowest BCUT2D eigenvalue weighted by Gasteiger charge is -2.20. The van der Waals surface area contributed by atoms with Crippen molar-refractivity contribution in [3.05, 3.63) is 29.1 Å². The number of ether oxygens (including phenoxy) is 2. The Bertz CT molecular complexity index is 431. The van der Waals surface area contributed by atoms with E-state index in [-0.39, 0.29) is 19.0 Å². The molecule has 5 heteroatoms. The van der Waals surface area contributed by atoms with Gasteiger partial charge in [0.1, 0.15) is 11.6 Å². The minimum Gasteiger partial charge on any atom is -0.481 e. The highest BCUT2D eigenvalue weighted by atomic mass is 19.1. The van der Waals surface area contributed by atoms with Crippen molar-refractivity contribution in [1.82, 2.24) is 0 Å². The zero-order chi connectivity index (χ0) is 12.3. The molecule has 0 atom stereocenters. The van der Waals surface area contributed by atoms with E-state index in [0.717, 1.165) is 0 Å². The quantitative estimate of drug-likeness (QED) is 0.875. The largest absolute Gasteiger partial charge is 0.481 e. The fourth-order valence-electron chi connectivity index (χ4n) is 1.87. The summed E-state index contributed by atoms with van der Waals surface area (Å²) < 4.78 is 24.0. The zero-order valence-corrected chi connectivity index (χ0v) is 9.24. The molecule has 0 saturated carbocycles. The summed E-state index contributed by atoms with van der Waals surface area (Å²) in [6, 6.07) is 2.92. The second-order valence-corrected chi connectivity index (χ2v) is 3.86. The lowest BCUT2D eigenvalue weighted by Crippen LogP contribution is -2.14. The van der Waals surface area contributed by atoms with Gasteiger partial charge in [-0.05, 0) is 30.5 Å². The first-order valence-corrected chi connectivity index (χ1v) is 5.41. The molecule has 0 fully saturated rings. The fraction of sp³-hybridized carbons (Fsp3) is 0.417. The van der Waals surface area contributed by atoms with Crippen LogP contribution < -0.4 is 4.74 Å². The molecule has 0 aliphatic carbocycles. The molecule has 1 aliphatic heterocycles. The van der Waals surface area contributed by atoms with Crippen LogP contribution in [0.4, 0.5) is 4.39 Å². The second kappa shape index (κ2) is 5.14. The van der Waals surface area contributed by atoms with Crippen LogP contribution in [-0.4, -0.2) is 17.9 Å². The molecule has 0 spiro atoms. The average molecular weight is 240 g/mol. The summed E-state index contributed by atoms with van der Waals surface area (Å²) in [5.41, 5.74) is 1.20. The van der Waals surface area contributed by atoms with Crippen LogP contribution in [-0.2, 0) is 22.6 Å². The molecule has 0 saturated heterocycles. The molecule has 4 nitrogen and oxygen atoms in total. The number of carbonyl (C=O) groups is 1. The van der Waals surface area contributed by atoms with Crippen molar-refractivity contribution in [2.75, 3.05) is 6.79 Å². The Morgan fingerprint density at radius 3 is 3.06 bits per heavy atom. The molecule has 0 amide bonds. The van der Waals surface area contributed by atoms with Gasteiger partial charge in [-0.3, -0.25) is 4.79 Å². The van der Waals surface area contributed by atoms with Gasteiger partial charge >= 0.3 is 5.97 Å². The summed E-state index contributed by atoms with van der Waals surface area (Å²) >= 11 is 0. The lowest BCUT2D eigenvalue weighted by molar-refractivity contribution is -0.137. The molecule has 1 aromatic carbocycles. The van der Waals surface area contributed by atoms with E-state index in [1.54, 1.807) is 6.07 Å². The lowest BCUT2D eigenvalue weighted by atomic mass is 10.0. The minimum absolute atomic E-state index is 0.0326. The van der Waals surface area contributed by atoms with Crippen molar-refractivity contribution >= 4 is 5.97 Å². The van der Waals surface area contributed by atoms with E-state index in [9.17, 15) is 9.18 Å². The Hall–Kier alpha value is -1.62.